The van der Waals surface area contributed by atoms with Crippen LogP contribution in [0, 0.1) is 13.8 Å². The average molecular weight is 338 g/mol. The quantitative estimate of drug-likeness (QED) is 0.746. The lowest BCUT2D eigenvalue weighted by molar-refractivity contribution is 0.0906. The van der Waals surface area contributed by atoms with Crippen molar-refractivity contribution >= 4 is 15.6 Å². The molecule has 3 rings (SSSR count). The minimum Gasteiger partial charge on any atom is -0.345 e. The third kappa shape index (κ3) is 3.38. The van der Waals surface area contributed by atoms with Crippen molar-refractivity contribution < 1.29 is 13.2 Å². The van der Waals surface area contributed by atoms with Gasteiger partial charge in [0.15, 0.2) is 15.6 Å². The molecule has 1 aliphatic heterocycles. The van der Waals surface area contributed by atoms with Crippen molar-refractivity contribution in [1.29, 1.82) is 0 Å². The van der Waals surface area contributed by atoms with Crippen molar-refractivity contribution in [1.82, 2.24) is 9.47 Å². The van der Waals surface area contributed by atoms with Crippen molar-refractivity contribution in [2.45, 2.75) is 52.1 Å². The number of hydrogen-bond acceptors (Lipinski definition) is 4. The van der Waals surface area contributed by atoms with Crippen LogP contribution in [0.2, 0.25) is 0 Å². The van der Waals surface area contributed by atoms with Gasteiger partial charge in [0.25, 0.3) is 0 Å². The van der Waals surface area contributed by atoms with Crippen LogP contribution in [-0.4, -0.2) is 54.3 Å². The number of carbonyl (C=O) groups is 1. The molecule has 5 nitrogen and oxygen atoms in total. The summed E-state index contributed by atoms with van der Waals surface area (Å²) in [5.74, 6) is 0.546. The van der Waals surface area contributed by atoms with E-state index in [9.17, 15) is 13.2 Å². The third-order valence-electron chi connectivity index (χ3n) is 5.17. The molecule has 6 heteroatoms. The first-order valence-electron chi connectivity index (χ1n) is 8.48. The van der Waals surface area contributed by atoms with Crippen LogP contribution in [0.15, 0.2) is 6.07 Å². The summed E-state index contributed by atoms with van der Waals surface area (Å²) in [6.07, 6.45) is 3.04. The van der Waals surface area contributed by atoms with E-state index in [0.29, 0.717) is 25.6 Å². The molecular weight excluding hydrogens is 312 g/mol. The lowest BCUT2D eigenvalue weighted by Crippen LogP contribution is -2.39. The fourth-order valence-electron chi connectivity index (χ4n) is 3.79. The summed E-state index contributed by atoms with van der Waals surface area (Å²) in [5.41, 5.74) is 3.01. The van der Waals surface area contributed by atoms with E-state index < -0.39 is 9.84 Å². The predicted octanol–water partition coefficient (Wildman–Crippen LogP) is 2.13. The summed E-state index contributed by atoms with van der Waals surface area (Å²) < 4.78 is 25.7. The number of aromatic nitrogens is 1. The predicted molar refractivity (Wildman–Crippen MR) is 90.8 cm³/mol. The van der Waals surface area contributed by atoms with E-state index in [-0.39, 0.29) is 23.3 Å². The molecule has 1 aliphatic carbocycles. The highest BCUT2D eigenvalue weighted by Gasteiger charge is 2.33. The van der Waals surface area contributed by atoms with Crippen molar-refractivity contribution in [2.24, 2.45) is 0 Å². The summed E-state index contributed by atoms with van der Waals surface area (Å²) in [4.78, 5) is 14.8. The second kappa shape index (κ2) is 6.06. The van der Waals surface area contributed by atoms with Gasteiger partial charge in [-0.25, -0.2) is 8.42 Å². The van der Waals surface area contributed by atoms with Crippen molar-refractivity contribution in [3.63, 3.8) is 0 Å². The molecule has 128 valence electrons. The van der Waals surface area contributed by atoms with E-state index in [1.165, 1.54) is 12.8 Å². The van der Waals surface area contributed by atoms with Gasteiger partial charge in [-0.15, -0.1) is 0 Å². The number of rotatable bonds is 6. The number of likely N-dealkylation sites (N-methyl/N-ethyl adjacent to an activating group) is 1. The molecule has 1 unspecified atom stereocenters. The Balaban J connectivity index is 1.74. The Bertz CT molecular complexity index is 716. The van der Waals surface area contributed by atoms with Crippen molar-refractivity contribution in [3.05, 3.63) is 23.0 Å². The molecule has 0 radical (unpaired) electrons. The minimum atomic E-state index is -2.92. The van der Waals surface area contributed by atoms with Crippen LogP contribution < -0.4 is 0 Å². The largest absolute Gasteiger partial charge is 0.345 e. The Kier molecular flexibility index (Phi) is 4.40. The second-order valence-corrected chi connectivity index (χ2v) is 9.16. The maximum atomic E-state index is 12.8. The topological polar surface area (TPSA) is 59.4 Å². The summed E-state index contributed by atoms with van der Waals surface area (Å²) in [6, 6.07) is 2.55. The minimum absolute atomic E-state index is 0.0131. The highest BCUT2D eigenvalue weighted by Crippen LogP contribution is 2.38. The molecule has 2 heterocycles. The molecular formula is C17H26N2O3S. The zero-order valence-electron chi connectivity index (χ0n) is 14.2. The molecule has 2 fully saturated rings. The van der Waals surface area contributed by atoms with E-state index in [1.807, 2.05) is 24.8 Å². The molecule has 1 atom stereocenters. The molecule has 0 aromatic carbocycles. The molecule has 23 heavy (non-hydrogen) atoms. The normalized spacial score (nSPS) is 23.6. The average Bonchev–Trinajstić information content (AvgIpc) is 3.18. The van der Waals surface area contributed by atoms with Gasteiger partial charge in [-0.3, -0.25) is 9.69 Å². The number of Topliss-reactive ketones (excluding diaryl/α,β-unsaturated/α-hetero) is 1. The van der Waals surface area contributed by atoms with Crippen LogP contribution >= 0.6 is 0 Å². The van der Waals surface area contributed by atoms with Gasteiger partial charge < -0.3 is 4.57 Å². The standard InChI is InChI=1S/C17H26N2O3S/c1-4-18(15-7-8-23(21,22)11-15)10-17(20)16-9-12(2)19(13(16)3)14-5-6-14/h9,14-15H,4-8,10-11H2,1-3H3. The number of ketones is 1. The summed E-state index contributed by atoms with van der Waals surface area (Å²) in [5, 5.41) is 0. The molecule has 1 aromatic heterocycles. The number of carbonyl (C=O) groups excluding carboxylic acids is 1. The summed E-state index contributed by atoms with van der Waals surface area (Å²) >= 11 is 0. The van der Waals surface area contributed by atoms with E-state index in [0.717, 1.165) is 17.0 Å². The van der Waals surface area contributed by atoms with Gasteiger partial charge in [0.1, 0.15) is 0 Å². The molecule has 1 saturated carbocycles. The van der Waals surface area contributed by atoms with E-state index in [4.69, 9.17) is 0 Å². The Morgan fingerprint density at radius 1 is 1.30 bits per heavy atom. The summed E-state index contributed by atoms with van der Waals surface area (Å²) in [7, 11) is -2.92. The van der Waals surface area contributed by atoms with Crippen LogP contribution in [0.25, 0.3) is 0 Å². The first-order chi connectivity index (χ1) is 10.8. The smallest absolute Gasteiger partial charge is 0.178 e. The molecule has 1 saturated heterocycles. The van der Waals surface area contributed by atoms with Gasteiger partial charge in [-0.2, -0.15) is 0 Å². The maximum Gasteiger partial charge on any atom is 0.178 e. The van der Waals surface area contributed by atoms with Gasteiger partial charge >= 0.3 is 0 Å². The number of sulfone groups is 1. The molecule has 0 N–H and O–H groups in total. The molecule has 0 amide bonds. The lowest BCUT2D eigenvalue weighted by atomic mass is 10.1. The zero-order chi connectivity index (χ0) is 16.8. The Morgan fingerprint density at radius 3 is 2.52 bits per heavy atom. The van der Waals surface area contributed by atoms with Crippen LogP contribution in [-0.2, 0) is 9.84 Å². The maximum absolute atomic E-state index is 12.8. The molecule has 2 aliphatic rings. The zero-order valence-corrected chi connectivity index (χ0v) is 15.0. The fourth-order valence-corrected chi connectivity index (χ4v) is 5.55. The van der Waals surface area contributed by atoms with E-state index in [1.54, 1.807) is 0 Å². The Hall–Kier alpha value is -1.14. The fraction of sp³-hybridized carbons (Fsp3) is 0.706. The first kappa shape index (κ1) is 16.7. The lowest BCUT2D eigenvalue weighted by Gasteiger charge is -2.25. The van der Waals surface area contributed by atoms with E-state index >= 15 is 0 Å². The van der Waals surface area contributed by atoms with Crippen LogP contribution in [0.3, 0.4) is 0 Å². The summed E-state index contributed by atoms with van der Waals surface area (Å²) in [6.45, 7) is 7.09. The molecule has 1 aromatic rings. The van der Waals surface area contributed by atoms with Crippen LogP contribution in [0.5, 0.6) is 0 Å². The second-order valence-electron chi connectivity index (χ2n) is 6.93. The van der Waals surface area contributed by atoms with Crippen molar-refractivity contribution in [3.8, 4) is 0 Å². The van der Waals surface area contributed by atoms with Crippen LogP contribution in [0.4, 0.5) is 0 Å². The van der Waals surface area contributed by atoms with Gasteiger partial charge in [0.05, 0.1) is 18.1 Å². The molecule has 0 bridgehead atoms. The highest BCUT2D eigenvalue weighted by atomic mass is 32.2. The van der Waals surface area contributed by atoms with Gasteiger partial charge in [0, 0.05) is 29.0 Å². The number of aryl methyl sites for hydroxylation is 1. The van der Waals surface area contributed by atoms with E-state index in [2.05, 4.69) is 11.5 Å². The first-order valence-corrected chi connectivity index (χ1v) is 10.3. The third-order valence-corrected chi connectivity index (χ3v) is 6.92. The SMILES string of the molecule is CCN(CC(=O)c1cc(C)n(C2CC2)c1C)C1CCS(=O)(=O)C1. The van der Waals surface area contributed by atoms with Gasteiger partial charge in [-0.05, 0) is 45.7 Å². The monoisotopic (exact) mass is 338 g/mol. The number of nitrogens with zero attached hydrogens (tertiary/aromatic N) is 2. The Labute approximate surface area is 138 Å². The highest BCUT2D eigenvalue weighted by molar-refractivity contribution is 7.91. The van der Waals surface area contributed by atoms with Gasteiger partial charge in [0.2, 0.25) is 0 Å². The number of hydrogen-bond donors (Lipinski definition) is 0. The molecule has 0 spiro atoms. The Morgan fingerprint density at radius 2 is 2.00 bits per heavy atom. The van der Waals surface area contributed by atoms with Crippen molar-refractivity contribution in [2.75, 3.05) is 24.6 Å². The van der Waals surface area contributed by atoms with Gasteiger partial charge in [-0.1, -0.05) is 6.92 Å². The van der Waals surface area contributed by atoms with Crippen LogP contribution in [0.1, 0.15) is 54.0 Å².